The molecule has 3 heterocycles. The predicted molar refractivity (Wildman–Crippen MR) is 130 cm³/mol. The molecule has 4 rings (SSSR count). The number of rotatable bonds is 9. The number of unbranched alkanes of at least 4 members (excludes halogenated alkanes) is 1. The van der Waals surface area contributed by atoms with Crippen molar-refractivity contribution >= 4 is 28.3 Å². The molecule has 2 atom stereocenters. The van der Waals surface area contributed by atoms with Crippen molar-refractivity contribution in [2.45, 2.75) is 58.0 Å². The Labute approximate surface area is 200 Å². The largest absolute Gasteiger partial charge is 0.497 e. The van der Waals surface area contributed by atoms with Crippen molar-refractivity contribution in [2.24, 2.45) is 5.92 Å². The Bertz CT molecular complexity index is 939. The summed E-state index contributed by atoms with van der Waals surface area (Å²) in [4.78, 5) is 35.2. The number of aromatic nitrogens is 1. The number of amides is 2. The minimum absolute atomic E-state index is 0.0364. The highest BCUT2D eigenvalue weighted by molar-refractivity contribution is 7.13. The third-order valence-electron chi connectivity index (χ3n) is 6.59. The van der Waals surface area contributed by atoms with Crippen LogP contribution in [0, 0.1) is 5.92 Å². The summed E-state index contributed by atoms with van der Waals surface area (Å²) in [5.74, 6) is 0.210. The second-order valence-electron chi connectivity index (χ2n) is 8.94. The maximum atomic E-state index is 13.3. The van der Waals surface area contributed by atoms with Crippen molar-refractivity contribution in [3.63, 3.8) is 0 Å². The van der Waals surface area contributed by atoms with Crippen LogP contribution in [0.1, 0.15) is 62.7 Å². The van der Waals surface area contributed by atoms with Crippen molar-refractivity contribution in [3.05, 3.63) is 40.9 Å². The third kappa shape index (κ3) is 5.73. The fourth-order valence-electron chi connectivity index (χ4n) is 4.81. The summed E-state index contributed by atoms with van der Waals surface area (Å²) in [5.41, 5.74) is 1.96. The molecule has 2 amide bonds. The number of hydrogen-bond donors (Lipinski definition) is 1. The third-order valence-corrected chi connectivity index (χ3v) is 7.40. The maximum absolute atomic E-state index is 13.3. The second-order valence-corrected chi connectivity index (χ2v) is 9.80. The van der Waals surface area contributed by atoms with Crippen molar-refractivity contribution in [1.82, 2.24) is 14.8 Å². The number of benzene rings is 1. The van der Waals surface area contributed by atoms with Crippen molar-refractivity contribution in [3.8, 4) is 5.75 Å². The lowest BCUT2D eigenvalue weighted by Gasteiger charge is -2.28. The zero-order valence-corrected chi connectivity index (χ0v) is 20.4. The molecule has 33 heavy (non-hydrogen) atoms. The predicted octanol–water partition coefficient (Wildman–Crippen LogP) is 4.47. The van der Waals surface area contributed by atoms with Gasteiger partial charge in [0.15, 0.2) is 5.13 Å². The van der Waals surface area contributed by atoms with Crippen LogP contribution in [-0.4, -0.2) is 53.3 Å². The smallest absolute Gasteiger partial charge is 0.232 e. The first kappa shape index (κ1) is 23.7. The van der Waals surface area contributed by atoms with E-state index in [1.807, 2.05) is 34.5 Å². The van der Waals surface area contributed by atoms with Gasteiger partial charge in [-0.25, -0.2) is 4.98 Å². The van der Waals surface area contributed by atoms with Crippen LogP contribution in [0.4, 0.5) is 5.13 Å². The van der Waals surface area contributed by atoms with Crippen LogP contribution < -0.4 is 10.1 Å². The van der Waals surface area contributed by atoms with E-state index in [0.29, 0.717) is 11.7 Å². The molecule has 1 aromatic carbocycles. The average molecular weight is 471 g/mol. The molecule has 2 unspecified atom stereocenters. The van der Waals surface area contributed by atoms with Crippen LogP contribution in [-0.2, 0) is 16.1 Å². The van der Waals surface area contributed by atoms with Crippen LogP contribution in [0.15, 0.2) is 29.6 Å². The van der Waals surface area contributed by atoms with Gasteiger partial charge in [0.05, 0.1) is 24.8 Å². The van der Waals surface area contributed by atoms with Gasteiger partial charge >= 0.3 is 0 Å². The van der Waals surface area contributed by atoms with Crippen LogP contribution in [0.2, 0.25) is 0 Å². The topological polar surface area (TPSA) is 74.8 Å². The minimum Gasteiger partial charge on any atom is -0.497 e. The van der Waals surface area contributed by atoms with Crippen LogP contribution in [0.5, 0.6) is 5.75 Å². The van der Waals surface area contributed by atoms with E-state index >= 15 is 0 Å². The van der Waals surface area contributed by atoms with Gasteiger partial charge in [-0.2, -0.15) is 0 Å². The molecule has 2 aromatic rings. The summed E-state index contributed by atoms with van der Waals surface area (Å²) in [6, 6.07) is 7.42. The molecule has 2 saturated heterocycles. The van der Waals surface area contributed by atoms with E-state index in [2.05, 4.69) is 22.1 Å². The van der Waals surface area contributed by atoms with Gasteiger partial charge in [-0.1, -0.05) is 31.9 Å². The highest BCUT2D eigenvalue weighted by Crippen LogP contribution is 2.39. The average Bonchev–Trinajstić information content (AvgIpc) is 3.41. The van der Waals surface area contributed by atoms with Gasteiger partial charge < -0.3 is 15.0 Å². The molecule has 0 spiro atoms. The van der Waals surface area contributed by atoms with Crippen LogP contribution in [0.3, 0.4) is 0 Å². The summed E-state index contributed by atoms with van der Waals surface area (Å²) in [6.07, 6.45) is 5.92. The molecule has 2 aliphatic heterocycles. The first-order valence-corrected chi connectivity index (χ1v) is 12.9. The van der Waals surface area contributed by atoms with E-state index < -0.39 is 5.92 Å². The number of nitrogens with zero attached hydrogens (tertiary/aromatic N) is 3. The molecular weight excluding hydrogens is 436 g/mol. The molecule has 8 heteroatoms. The molecule has 1 aromatic heterocycles. The lowest BCUT2D eigenvalue weighted by Crippen LogP contribution is -2.33. The number of nitrogens with one attached hydrogen (secondary N) is 1. The fraction of sp³-hybridized carbons (Fsp3) is 0.560. The number of hydrogen-bond acceptors (Lipinski definition) is 6. The van der Waals surface area contributed by atoms with Gasteiger partial charge in [-0.3, -0.25) is 14.5 Å². The van der Waals surface area contributed by atoms with Gasteiger partial charge in [0.2, 0.25) is 11.8 Å². The number of methoxy groups -OCH3 is 1. The highest BCUT2D eigenvalue weighted by Gasteiger charge is 2.44. The summed E-state index contributed by atoms with van der Waals surface area (Å²) in [6.45, 7) is 5.82. The number of likely N-dealkylation sites (tertiary alicyclic amines) is 2. The quantitative estimate of drug-likeness (QED) is 0.585. The fourth-order valence-corrected chi connectivity index (χ4v) is 5.52. The molecule has 0 saturated carbocycles. The van der Waals surface area contributed by atoms with E-state index in [1.165, 1.54) is 30.6 Å². The van der Waals surface area contributed by atoms with E-state index in [0.717, 1.165) is 49.5 Å². The molecule has 0 aliphatic carbocycles. The van der Waals surface area contributed by atoms with Gasteiger partial charge in [0.1, 0.15) is 5.75 Å². The molecule has 1 N–H and O–H groups in total. The standard InChI is InChI=1S/C25H34N4O3S/c1-3-4-14-29-22(30)15-21(23(29)18-8-10-20(32-2)11-9-18)24(31)27-25-26-19(17-33-25)16-28-12-6-5-7-13-28/h8-11,17,21,23H,3-7,12-16H2,1-2H3,(H,26,27,31). The number of carbonyl (C=O) groups excluding carboxylic acids is 2. The Morgan fingerprint density at radius 1 is 1.21 bits per heavy atom. The number of carbonyl (C=O) groups is 2. The Morgan fingerprint density at radius 2 is 1.97 bits per heavy atom. The number of thiazole rings is 1. The maximum Gasteiger partial charge on any atom is 0.232 e. The molecule has 178 valence electrons. The first-order valence-electron chi connectivity index (χ1n) is 12.0. The van der Waals surface area contributed by atoms with E-state index in [1.54, 1.807) is 7.11 Å². The monoisotopic (exact) mass is 470 g/mol. The Hall–Kier alpha value is -2.45. The lowest BCUT2D eigenvalue weighted by molar-refractivity contribution is -0.129. The Balaban J connectivity index is 1.47. The number of anilines is 1. The first-order chi connectivity index (χ1) is 16.1. The van der Waals surface area contributed by atoms with E-state index in [9.17, 15) is 9.59 Å². The van der Waals surface area contributed by atoms with Crippen molar-refractivity contribution in [1.29, 1.82) is 0 Å². The second kappa shape index (κ2) is 11.1. The summed E-state index contributed by atoms with van der Waals surface area (Å²) in [7, 11) is 1.63. The van der Waals surface area contributed by atoms with Gasteiger partial charge in [-0.15, -0.1) is 11.3 Å². The number of ether oxygens (including phenoxy) is 1. The summed E-state index contributed by atoms with van der Waals surface area (Å²) >= 11 is 1.46. The Kier molecular flexibility index (Phi) is 7.98. The van der Waals surface area contributed by atoms with Gasteiger partial charge in [0, 0.05) is 24.9 Å². The van der Waals surface area contributed by atoms with E-state index in [4.69, 9.17) is 4.74 Å². The van der Waals surface area contributed by atoms with Crippen LogP contribution >= 0.6 is 11.3 Å². The summed E-state index contributed by atoms with van der Waals surface area (Å²) in [5, 5.41) is 5.64. The zero-order chi connectivity index (χ0) is 23.2. The zero-order valence-electron chi connectivity index (χ0n) is 19.6. The van der Waals surface area contributed by atoms with Gasteiger partial charge in [0.25, 0.3) is 0 Å². The minimum atomic E-state index is -0.447. The van der Waals surface area contributed by atoms with Crippen LogP contribution in [0.25, 0.3) is 0 Å². The number of piperidine rings is 1. The normalized spacial score (nSPS) is 21.4. The molecule has 7 nitrogen and oxygen atoms in total. The molecule has 2 aliphatic rings. The van der Waals surface area contributed by atoms with Crippen molar-refractivity contribution < 1.29 is 14.3 Å². The molecule has 0 bridgehead atoms. The summed E-state index contributed by atoms with van der Waals surface area (Å²) < 4.78 is 5.28. The Morgan fingerprint density at radius 3 is 2.67 bits per heavy atom. The highest BCUT2D eigenvalue weighted by atomic mass is 32.1. The SMILES string of the molecule is CCCCN1C(=O)CC(C(=O)Nc2nc(CN3CCCCC3)cs2)C1c1ccc(OC)cc1. The molecular formula is C25H34N4O3S. The molecule has 0 radical (unpaired) electrons. The molecule has 2 fully saturated rings. The van der Waals surface area contributed by atoms with Gasteiger partial charge in [-0.05, 0) is 50.0 Å². The van der Waals surface area contributed by atoms with Crippen molar-refractivity contribution in [2.75, 3.05) is 32.1 Å². The lowest BCUT2D eigenvalue weighted by atomic mass is 9.92. The van der Waals surface area contributed by atoms with E-state index in [-0.39, 0.29) is 24.3 Å².